The van der Waals surface area contributed by atoms with Crippen molar-refractivity contribution in [3.05, 3.63) is 0 Å². The topological polar surface area (TPSA) is 78.9 Å². The quantitative estimate of drug-likeness (QED) is 0.0345. The molecule has 350 valence electrons. The van der Waals surface area contributed by atoms with Gasteiger partial charge in [-0.05, 0) is 25.2 Å². The van der Waals surface area contributed by atoms with Gasteiger partial charge in [-0.25, -0.2) is 0 Å². The summed E-state index contributed by atoms with van der Waals surface area (Å²) in [7, 11) is 0. The zero-order valence-electron chi connectivity index (χ0n) is 40.2. The molecule has 0 saturated heterocycles. The van der Waals surface area contributed by atoms with Crippen LogP contribution >= 0.6 is 0 Å². The molecule has 0 radical (unpaired) electrons. The Hall–Kier alpha value is -1.59. The van der Waals surface area contributed by atoms with E-state index in [4.69, 9.17) is 14.2 Å². The molecule has 0 heterocycles. The van der Waals surface area contributed by atoms with E-state index in [1.807, 2.05) is 0 Å². The van der Waals surface area contributed by atoms with Crippen LogP contribution in [0.15, 0.2) is 0 Å². The van der Waals surface area contributed by atoms with Crippen molar-refractivity contribution >= 4 is 17.9 Å². The largest absolute Gasteiger partial charge is 0.462 e. The third kappa shape index (κ3) is 45.8. The Morgan fingerprint density at radius 3 is 0.881 bits per heavy atom. The highest BCUT2D eigenvalue weighted by atomic mass is 16.6. The summed E-state index contributed by atoms with van der Waals surface area (Å²) in [5.41, 5.74) is 0. The molecule has 6 heteroatoms. The third-order valence-electron chi connectivity index (χ3n) is 12.4. The highest BCUT2D eigenvalue weighted by molar-refractivity contribution is 5.71. The smallest absolute Gasteiger partial charge is 0.306 e. The molecule has 0 aromatic rings. The van der Waals surface area contributed by atoms with E-state index < -0.39 is 6.10 Å². The molecule has 0 aliphatic heterocycles. The summed E-state index contributed by atoms with van der Waals surface area (Å²) in [5, 5.41) is 0. The van der Waals surface area contributed by atoms with Crippen LogP contribution < -0.4 is 0 Å². The predicted octanol–water partition coefficient (Wildman–Crippen LogP) is 17.1. The van der Waals surface area contributed by atoms with Crippen LogP contribution in [0.5, 0.6) is 0 Å². The molecule has 59 heavy (non-hydrogen) atoms. The van der Waals surface area contributed by atoms with Gasteiger partial charge in [0.1, 0.15) is 13.2 Å². The van der Waals surface area contributed by atoms with Crippen molar-refractivity contribution in [2.24, 2.45) is 5.92 Å². The summed E-state index contributed by atoms with van der Waals surface area (Å²) in [6.45, 7) is 9.01. The lowest BCUT2D eigenvalue weighted by atomic mass is 10.00. The van der Waals surface area contributed by atoms with Gasteiger partial charge in [0.2, 0.25) is 0 Å². The SMILES string of the molecule is CCCCCCCCCCCCCCCCCCC(=O)OC[C@@H](COC(=O)CCCCCCCCC(C)CC)OC(=O)CCCCCCCCCCCCCCCCC. The second kappa shape index (κ2) is 47.5. The lowest BCUT2D eigenvalue weighted by Gasteiger charge is -2.18. The Bertz CT molecular complexity index is 889. The number of unbranched alkanes of at least 4 members (excludes halogenated alkanes) is 34. The lowest BCUT2D eigenvalue weighted by molar-refractivity contribution is -0.167. The van der Waals surface area contributed by atoms with E-state index in [2.05, 4.69) is 27.7 Å². The molecule has 0 amide bonds. The van der Waals surface area contributed by atoms with E-state index >= 15 is 0 Å². The summed E-state index contributed by atoms with van der Waals surface area (Å²) >= 11 is 0. The molecular weight excluding hydrogens is 733 g/mol. The van der Waals surface area contributed by atoms with Crippen molar-refractivity contribution in [1.82, 2.24) is 0 Å². The second-order valence-electron chi connectivity index (χ2n) is 18.4. The first-order chi connectivity index (χ1) is 28.9. The first kappa shape index (κ1) is 57.4. The van der Waals surface area contributed by atoms with Gasteiger partial charge in [-0.2, -0.15) is 0 Å². The maximum atomic E-state index is 12.8. The van der Waals surface area contributed by atoms with Gasteiger partial charge in [0.15, 0.2) is 6.10 Å². The van der Waals surface area contributed by atoms with Crippen molar-refractivity contribution in [3.8, 4) is 0 Å². The van der Waals surface area contributed by atoms with Crippen molar-refractivity contribution < 1.29 is 28.6 Å². The Balaban J connectivity index is 4.28. The van der Waals surface area contributed by atoms with Crippen molar-refractivity contribution in [1.29, 1.82) is 0 Å². The molecule has 0 fully saturated rings. The summed E-state index contributed by atoms with van der Waals surface area (Å²) in [5.74, 6) is -0.0316. The molecule has 2 atom stereocenters. The average molecular weight is 835 g/mol. The van der Waals surface area contributed by atoms with Crippen LogP contribution in [0.1, 0.15) is 297 Å². The van der Waals surface area contributed by atoms with Crippen LogP contribution in [0.25, 0.3) is 0 Å². The van der Waals surface area contributed by atoms with Gasteiger partial charge in [-0.1, -0.05) is 259 Å². The molecule has 1 unspecified atom stereocenters. The van der Waals surface area contributed by atoms with E-state index in [9.17, 15) is 14.4 Å². The number of carbonyl (C=O) groups is 3. The van der Waals surface area contributed by atoms with Crippen molar-refractivity contribution in [2.75, 3.05) is 13.2 Å². The molecule has 0 aromatic heterocycles. The maximum absolute atomic E-state index is 12.8. The van der Waals surface area contributed by atoms with E-state index in [1.165, 1.54) is 193 Å². The van der Waals surface area contributed by atoms with Crippen molar-refractivity contribution in [2.45, 2.75) is 303 Å². The lowest BCUT2D eigenvalue weighted by Crippen LogP contribution is -2.30. The number of ether oxygens (including phenoxy) is 3. The summed E-state index contributed by atoms with van der Waals surface area (Å²) < 4.78 is 16.8. The van der Waals surface area contributed by atoms with Gasteiger partial charge in [0, 0.05) is 19.3 Å². The third-order valence-corrected chi connectivity index (χ3v) is 12.4. The van der Waals surface area contributed by atoms with E-state index in [1.54, 1.807) is 0 Å². The Kier molecular flexibility index (Phi) is 46.2. The molecule has 6 nitrogen and oxygen atoms in total. The zero-order chi connectivity index (χ0) is 43.1. The molecular formula is C53H102O6. The molecule has 0 aliphatic rings. The van der Waals surface area contributed by atoms with Crippen LogP contribution in [-0.2, 0) is 28.6 Å². The fraction of sp³-hybridized carbons (Fsp3) is 0.943. The van der Waals surface area contributed by atoms with E-state index in [-0.39, 0.29) is 31.1 Å². The molecule has 0 saturated carbocycles. The van der Waals surface area contributed by atoms with Gasteiger partial charge in [0.05, 0.1) is 0 Å². The molecule has 0 N–H and O–H groups in total. The number of hydrogen-bond donors (Lipinski definition) is 0. The van der Waals surface area contributed by atoms with Gasteiger partial charge in [-0.3, -0.25) is 14.4 Å². The van der Waals surface area contributed by atoms with Crippen molar-refractivity contribution in [3.63, 3.8) is 0 Å². The minimum atomic E-state index is -0.761. The highest BCUT2D eigenvalue weighted by Gasteiger charge is 2.19. The van der Waals surface area contributed by atoms with Crippen LogP contribution in [0.2, 0.25) is 0 Å². The Morgan fingerprint density at radius 2 is 0.593 bits per heavy atom. The molecule has 0 aromatic carbocycles. The first-order valence-electron chi connectivity index (χ1n) is 26.4. The fourth-order valence-electron chi connectivity index (χ4n) is 8.01. The zero-order valence-corrected chi connectivity index (χ0v) is 40.2. The Morgan fingerprint density at radius 1 is 0.339 bits per heavy atom. The second-order valence-corrected chi connectivity index (χ2v) is 18.4. The standard InChI is InChI=1S/C53H102O6/c1-5-8-10-12-14-16-18-20-22-24-25-27-29-31-36-40-44-51(54)57-47-50(48-58-52(55)45-41-37-34-33-35-39-43-49(4)7-3)59-53(56)46-42-38-32-30-28-26-23-21-19-17-15-13-11-9-6-2/h49-50H,5-48H2,1-4H3/t49?,50-/m0/s1. The van der Waals surface area contributed by atoms with Gasteiger partial charge in [0.25, 0.3) is 0 Å². The summed E-state index contributed by atoms with van der Waals surface area (Å²) in [4.78, 5) is 37.9. The molecule has 0 aliphatic carbocycles. The van der Waals surface area contributed by atoms with Crippen LogP contribution in [0.3, 0.4) is 0 Å². The normalized spacial score (nSPS) is 12.4. The number of hydrogen-bond acceptors (Lipinski definition) is 6. The monoisotopic (exact) mass is 835 g/mol. The Labute approximate surface area is 368 Å². The predicted molar refractivity (Wildman–Crippen MR) is 252 cm³/mol. The number of esters is 3. The number of rotatable bonds is 48. The molecule has 0 rings (SSSR count). The summed E-state index contributed by atoms with van der Waals surface area (Å²) in [6, 6.07) is 0. The highest BCUT2D eigenvalue weighted by Crippen LogP contribution is 2.18. The van der Waals surface area contributed by atoms with E-state index in [0.29, 0.717) is 19.3 Å². The minimum Gasteiger partial charge on any atom is -0.462 e. The minimum absolute atomic E-state index is 0.0633. The van der Waals surface area contributed by atoms with Gasteiger partial charge in [-0.15, -0.1) is 0 Å². The van der Waals surface area contributed by atoms with Gasteiger partial charge < -0.3 is 14.2 Å². The molecule has 0 bridgehead atoms. The maximum Gasteiger partial charge on any atom is 0.306 e. The van der Waals surface area contributed by atoms with Crippen LogP contribution in [0.4, 0.5) is 0 Å². The average Bonchev–Trinajstić information content (AvgIpc) is 3.23. The first-order valence-corrected chi connectivity index (χ1v) is 26.4. The summed E-state index contributed by atoms with van der Waals surface area (Å²) in [6.07, 6.45) is 49.5. The van der Waals surface area contributed by atoms with Crippen LogP contribution in [0, 0.1) is 5.92 Å². The van der Waals surface area contributed by atoms with Gasteiger partial charge >= 0.3 is 17.9 Å². The van der Waals surface area contributed by atoms with E-state index in [0.717, 1.165) is 63.7 Å². The van der Waals surface area contributed by atoms with Crippen LogP contribution in [-0.4, -0.2) is 37.2 Å². The fourth-order valence-corrected chi connectivity index (χ4v) is 8.01. The molecule has 0 spiro atoms. The number of carbonyl (C=O) groups excluding carboxylic acids is 3.